The number of rotatable bonds is 2. The summed E-state index contributed by atoms with van der Waals surface area (Å²) in [6.45, 7) is 0. The molecule has 102 valence electrons. The highest BCUT2D eigenvalue weighted by molar-refractivity contribution is 9.11. The molecule has 0 unspecified atom stereocenters. The molecule has 0 saturated heterocycles. The Morgan fingerprint density at radius 3 is 1.27 bits per heavy atom. The summed E-state index contributed by atoms with van der Waals surface area (Å²) in [6.07, 6.45) is 0. The van der Waals surface area contributed by atoms with Crippen molar-refractivity contribution in [2.24, 2.45) is 0 Å². The lowest BCUT2D eigenvalue weighted by Crippen LogP contribution is -2.17. The second-order valence-corrected chi connectivity index (χ2v) is 6.70. The van der Waals surface area contributed by atoms with Gasteiger partial charge in [-0.2, -0.15) is 0 Å². The van der Waals surface area contributed by atoms with E-state index >= 15 is 0 Å². The van der Waals surface area contributed by atoms with Crippen molar-refractivity contribution >= 4 is 58.5 Å². The Labute approximate surface area is 150 Å². The van der Waals surface area contributed by atoms with Crippen molar-refractivity contribution in [3.05, 3.63) is 69.6 Å². The molecule has 0 aromatic heterocycles. The Hall–Kier alpha value is -1.25. The van der Waals surface area contributed by atoms with Crippen LogP contribution in [0.1, 0.15) is 0 Å². The number of halogens is 2. The molecule has 0 saturated carbocycles. The molecule has 0 bridgehead atoms. The van der Waals surface area contributed by atoms with Crippen LogP contribution >= 0.6 is 31.9 Å². The summed E-state index contributed by atoms with van der Waals surface area (Å²) in [6, 6.07) is 19.8. The van der Waals surface area contributed by atoms with E-state index in [0.717, 1.165) is 31.2 Å². The van der Waals surface area contributed by atoms with Crippen LogP contribution in [-0.2, 0) is 0 Å². The molecule has 0 fully saturated rings. The largest absolute Gasteiger partial charge is 0.114 e. The van der Waals surface area contributed by atoms with Crippen LogP contribution in [0, 0.1) is 0 Å². The summed E-state index contributed by atoms with van der Waals surface area (Å²) < 4.78 is 1.99. The van der Waals surface area contributed by atoms with Crippen molar-refractivity contribution in [3.63, 3.8) is 0 Å². The highest BCUT2D eigenvalue weighted by atomic mass is 79.9. The third-order valence-corrected chi connectivity index (χ3v) is 4.93. The Balaban J connectivity index is 2.18. The van der Waals surface area contributed by atoms with E-state index < -0.39 is 0 Å². The van der Waals surface area contributed by atoms with Gasteiger partial charge in [-0.05, 0) is 34.4 Å². The van der Waals surface area contributed by atoms with Crippen LogP contribution in [0.2, 0.25) is 0 Å². The van der Waals surface area contributed by atoms with E-state index in [0.29, 0.717) is 10.9 Å². The first kappa shape index (κ1) is 15.6. The van der Waals surface area contributed by atoms with E-state index in [-0.39, 0.29) is 0 Å². The van der Waals surface area contributed by atoms with E-state index in [1.807, 2.05) is 60.7 Å². The zero-order valence-corrected chi connectivity index (χ0v) is 14.9. The van der Waals surface area contributed by atoms with E-state index in [9.17, 15) is 0 Å². The minimum atomic E-state index is 0.701. The van der Waals surface area contributed by atoms with Crippen molar-refractivity contribution in [2.45, 2.75) is 0 Å². The summed E-state index contributed by atoms with van der Waals surface area (Å²) >= 11 is 7.13. The summed E-state index contributed by atoms with van der Waals surface area (Å²) in [7, 11) is 12.6. The molecular weight excluding hydrogens is 398 g/mol. The molecule has 4 radical (unpaired) electrons. The van der Waals surface area contributed by atoms with Crippen LogP contribution in [-0.4, -0.2) is 15.7 Å². The summed E-state index contributed by atoms with van der Waals surface area (Å²) in [4.78, 5) is 0. The highest BCUT2D eigenvalue weighted by Gasteiger charge is 2.11. The summed E-state index contributed by atoms with van der Waals surface area (Å²) in [5.41, 5.74) is 5.33. The second kappa shape index (κ2) is 6.47. The number of benzene rings is 3. The quantitative estimate of drug-likeness (QED) is 0.560. The lowest BCUT2D eigenvalue weighted by atomic mass is 9.78. The molecule has 0 atom stereocenters. The van der Waals surface area contributed by atoms with E-state index in [2.05, 4.69) is 31.9 Å². The molecule has 0 aliphatic heterocycles. The zero-order valence-electron chi connectivity index (χ0n) is 11.7. The predicted octanol–water partition coefficient (Wildman–Crippen LogP) is 4.13. The lowest BCUT2D eigenvalue weighted by Gasteiger charge is -2.15. The summed E-state index contributed by atoms with van der Waals surface area (Å²) in [5, 5.41) is 0. The van der Waals surface area contributed by atoms with Crippen LogP contribution < -0.4 is 10.9 Å². The van der Waals surface area contributed by atoms with E-state index in [1.165, 1.54) is 0 Å². The van der Waals surface area contributed by atoms with Gasteiger partial charge in [0.05, 0.1) is 0 Å². The fourth-order valence-corrected chi connectivity index (χ4v) is 3.46. The maximum Gasteiger partial charge on any atom is 0.114 e. The van der Waals surface area contributed by atoms with Crippen molar-refractivity contribution < 1.29 is 0 Å². The molecular formula is C18H10B2Br2. The Morgan fingerprint density at radius 2 is 0.909 bits per heavy atom. The molecule has 0 heterocycles. The molecule has 3 aromatic carbocycles. The molecule has 0 amide bonds. The van der Waals surface area contributed by atoms with Crippen molar-refractivity contribution in [3.8, 4) is 22.3 Å². The van der Waals surface area contributed by atoms with Gasteiger partial charge in [-0.25, -0.2) is 0 Å². The maximum absolute atomic E-state index is 6.29. The van der Waals surface area contributed by atoms with Gasteiger partial charge in [-0.3, -0.25) is 0 Å². The minimum Gasteiger partial charge on any atom is -0.0884 e. The average Bonchev–Trinajstić information content (AvgIpc) is 2.51. The highest BCUT2D eigenvalue weighted by Crippen LogP contribution is 2.30. The van der Waals surface area contributed by atoms with Crippen molar-refractivity contribution in [2.75, 3.05) is 0 Å². The molecule has 0 aliphatic carbocycles. The standard InChI is InChI=1S/C18H10B2Br2/c19-15-10-14(12-6-2-4-8-18(12)22)16(20)9-13(15)11-5-1-3-7-17(11)21/h1-10H. The molecule has 0 spiro atoms. The Kier molecular flexibility index (Phi) is 4.60. The second-order valence-electron chi connectivity index (χ2n) is 4.99. The first-order chi connectivity index (χ1) is 10.6. The topological polar surface area (TPSA) is 0 Å². The van der Waals surface area contributed by atoms with Crippen LogP contribution in [0.5, 0.6) is 0 Å². The summed E-state index contributed by atoms with van der Waals surface area (Å²) in [5.74, 6) is 0. The van der Waals surface area contributed by atoms with Gasteiger partial charge < -0.3 is 0 Å². The van der Waals surface area contributed by atoms with Gasteiger partial charge in [0.1, 0.15) is 15.7 Å². The van der Waals surface area contributed by atoms with Crippen molar-refractivity contribution in [1.29, 1.82) is 0 Å². The van der Waals surface area contributed by atoms with Gasteiger partial charge in [0.15, 0.2) is 0 Å². The SMILES string of the molecule is [B]c1cc(-c2ccccc2Br)c([B])cc1-c1ccccc1Br. The molecule has 3 rings (SSSR count). The Morgan fingerprint density at radius 1 is 0.545 bits per heavy atom. The van der Waals surface area contributed by atoms with Gasteiger partial charge in [0.25, 0.3) is 0 Å². The molecule has 22 heavy (non-hydrogen) atoms. The van der Waals surface area contributed by atoms with Gasteiger partial charge in [0, 0.05) is 8.95 Å². The van der Waals surface area contributed by atoms with Gasteiger partial charge in [-0.15, -0.1) is 0 Å². The predicted molar refractivity (Wildman–Crippen MR) is 103 cm³/mol. The monoisotopic (exact) mass is 406 g/mol. The van der Waals surface area contributed by atoms with E-state index in [4.69, 9.17) is 15.7 Å². The van der Waals surface area contributed by atoms with Crippen LogP contribution in [0.3, 0.4) is 0 Å². The normalized spacial score (nSPS) is 10.6. The maximum atomic E-state index is 6.29. The first-order valence-corrected chi connectivity index (χ1v) is 8.35. The van der Waals surface area contributed by atoms with Crippen LogP contribution in [0.25, 0.3) is 22.3 Å². The van der Waals surface area contributed by atoms with Crippen molar-refractivity contribution in [1.82, 2.24) is 0 Å². The van der Waals surface area contributed by atoms with Gasteiger partial charge in [0.2, 0.25) is 0 Å². The van der Waals surface area contributed by atoms with Crippen LogP contribution in [0.15, 0.2) is 69.6 Å². The molecule has 0 nitrogen and oxygen atoms in total. The Bertz CT molecular complexity index is 773. The molecule has 4 heteroatoms. The third kappa shape index (κ3) is 2.95. The fourth-order valence-electron chi connectivity index (χ4n) is 2.46. The first-order valence-electron chi connectivity index (χ1n) is 6.76. The zero-order chi connectivity index (χ0) is 15.7. The van der Waals surface area contributed by atoms with Gasteiger partial charge in [-0.1, -0.05) is 91.3 Å². The number of hydrogen-bond donors (Lipinski definition) is 0. The van der Waals surface area contributed by atoms with E-state index in [1.54, 1.807) is 0 Å². The van der Waals surface area contributed by atoms with Crippen LogP contribution in [0.4, 0.5) is 0 Å². The molecule has 3 aromatic rings. The van der Waals surface area contributed by atoms with Gasteiger partial charge >= 0.3 is 0 Å². The fraction of sp³-hybridized carbons (Fsp3) is 0. The molecule has 0 N–H and O–H groups in total. The average molecular weight is 408 g/mol. The lowest BCUT2D eigenvalue weighted by molar-refractivity contribution is 1.59. The molecule has 0 aliphatic rings. The third-order valence-electron chi connectivity index (χ3n) is 3.55. The minimum absolute atomic E-state index is 0.701. The smallest absolute Gasteiger partial charge is 0.0884 e. The number of hydrogen-bond acceptors (Lipinski definition) is 0.